The second-order valence-corrected chi connectivity index (χ2v) is 20.7. The van der Waals surface area contributed by atoms with Crippen LogP contribution in [-0.2, 0) is 64.2 Å². The van der Waals surface area contributed by atoms with Crippen LogP contribution in [0, 0.1) is 29.1 Å². The van der Waals surface area contributed by atoms with E-state index in [0.717, 1.165) is 52.1 Å². The van der Waals surface area contributed by atoms with Gasteiger partial charge in [0.1, 0.15) is 23.9 Å². The van der Waals surface area contributed by atoms with Crippen molar-refractivity contribution in [3.8, 4) is 40.0 Å². The lowest BCUT2D eigenvalue weighted by atomic mass is 9.84. The number of hydrogen-bond donors (Lipinski definition) is 3. The van der Waals surface area contributed by atoms with Crippen molar-refractivity contribution in [3.05, 3.63) is 71.5 Å². The van der Waals surface area contributed by atoms with Gasteiger partial charge in [-0.15, -0.1) is 0 Å². The Morgan fingerprint density at radius 2 is 1.83 bits per heavy atom. The van der Waals surface area contributed by atoms with Crippen LogP contribution in [0.2, 0.25) is 0 Å². The maximum absolute atomic E-state index is 14.8. The average Bonchev–Trinajstić information content (AvgIpc) is 3.98. The molecule has 0 radical (unpaired) electrons. The number of hydrazine groups is 1. The zero-order valence-corrected chi connectivity index (χ0v) is 42.8. The molecule has 2 aromatic carbocycles. The third-order valence-corrected chi connectivity index (χ3v) is 14.4. The lowest BCUT2D eigenvalue weighted by Gasteiger charge is -2.37. The number of amides is 4. The fraction of sp³-hybridized carbons (Fsp3) is 0.527. The maximum Gasteiger partial charge on any atom is 0.324 e. The number of nitrogens with zero attached hydrogens (tertiary/aromatic N) is 6. The number of esters is 1. The van der Waals surface area contributed by atoms with Gasteiger partial charge in [-0.3, -0.25) is 38.9 Å². The summed E-state index contributed by atoms with van der Waals surface area (Å²) < 4.78 is 19.4. The molecule has 0 unspecified atom stereocenters. The first-order chi connectivity index (χ1) is 34.5. The molecule has 6 bridgehead atoms. The van der Waals surface area contributed by atoms with E-state index in [4.69, 9.17) is 19.2 Å². The van der Waals surface area contributed by atoms with Crippen LogP contribution in [0.15, 0.2) is 54.7 Å². The summed E-state index contributed by atoms with van der Waals surface area (Å²) >= 11 is 0. The number of hydrogen-bond acceptors (Lipinski definition) is 12. The van der Waals surface area contributed by atoms with E-state index in [2.05, 4.69) is 71.0 Å². The van der Waals surface area contributed by atoms with Gasteiger partial charge < -0.3 is 39.0 Å². The minimum Gasteiger partial charge on any atom is -0.508 e. The first-order valence-electron chi connectivity index (χ1n) is 25.4. The summed E-state index contributed by atoms with van der Waals surface area (Å²) in [6, 6.07) is 12.4. The minimum absolute atomic E-state index is 0.0151. The van der Waals surface area contributed by atoms with Crippen LogP contribution in [0.4, 0.5) is 0 Å². The third-order valence-electron chi connectivity index (χ3n) is 14.4. The smallest absolute Gasteiger partial charge is 0.324 e. The molecule has 3 fully saturated rings. The number of morpholine rings is 1. The number of ether oxygens (including phenoxy) is 3. The fourth-order valence-corrected chi connectivity index (χ4v) is 10.7. The summed E-state index contributed by atoms with van der Waals surface area (Å²) in [6.45, 7) is 15.1. The Morgan fingerprint density at radius 3 is 2.58 bits per heavy atom. The molecule has 0 spiro atoms. The van der Waals surface area contributed by atoms with E-state index < -0.39 is 47.2 Å². The van der Waals surface area contributed by atoms with Gasteiger partial charge in [0.15, 0.2) is 0 Å². The predicted molar refractivity (Wildman–Crippen MR) is 272 cm³/mol. The number of aromatic nitrogens is 2. The number of benzene rings is 2. The van der Waals surface area contributed by atoms with Gasteiger partial charge in [0.25, 0.3) is 11.8 Å². The second kappa shape index (κ2) is 22.6. The number of nitrogens with one attached hydrogen (secondary N) is 2. The second-order valence-electron chi connectivity index (χ2n) is 20.7. The number of carbonyl (C=O) groups is 5. The number of aryl methyl sites for hydroxylation is 1. The van der Waals surface area contributed by atoms with E-state index in [0.29, 0.717) is 76.3 Å². The van der Waals surface area contributed by atoms with Crippen molar-refractivity contribution in [1.29, 1.82) is 0 Å². The summed E-state index contributed by atoms with van der Waals surface area (Å²) in [5.41, 5.74) is 9.52. The molecule has 0 saturated carbocycles. The Labute approximate surface area is 422 Å². The SMILES string of the molecule is CCn1c(-c2cccnc2COC)c2c3cc(ccc31)-c1cc(O)cc(c1)C[C@H](NC(=O)[C@@H](C(C)C)N(C)C(=O)[C@H]1CCN(C(=O)C#CCN3CCOCC3)C1)C(=O)N1CCC[C@H](N1)C(=O)OCC(C)(C)C2. The van der Waals surface area contributed by atoms with E-state index in [9.17, 15) is 29.1 Å². The van der Waals surface area contributed by atoms with Crippen LogP contribution in [-0.4, -0.2) is 155 Å². The average molecular weight is 987 g/mol. The van der Waals surface area contributed by atoms with Gasteiger partial charge >= 0.3 is 5.97 Å². The van der Waals surface area contributed by atoms with Crippen LogP contribution in [0.25, 0.3) is 33.3 Å². The highest BCUT2D eigenvalue weighted by molar-refractivity contribution is 5.97. The molecular formula is C55H70N8O9. The van der Waals surface area contributed by atoms with Crippen molar-refractivity contribution in [2.45, 2.75) is 98.0 Å². The monoisotopic (exact) mass is 987 g/mol. The number of aromatic hydroxyl groups is 1. The number of methoxy groups -OCH3 is 1. The number of rotatable bonds is 10. The van der Waals surface area contributed by atoms with Crippen molar-refractivity contribution in [3.63, 3.8) is 0 Å². The van der Waals surface area contributed by atoms with Gasteiger partial charge in [-0.2, -0.15) is 0 Å². The third kappa shape index (κ3) is 11.6. The van der Waals surface area contributed by atoms with Crippen molar-refractivity contribution in [1.82, 2.24) is 40.0 Å². The molecule has 72 heavy (non-hydrogen) atoms. The van der Waals surface area contributed by atoms with Crippen molar-refractivity contribution >= 4 is 40.5 Å². The summed E-state index contributed by atoms with van der Waals surface area (Å²) in [6.07, 6.45) is 3.65. The summed E-state index contributed by atoms with van der Waals surface area (Å²) in [5, 5.41) is 16.8. The summed E-state index contributed by atoms with van der Waals surface area (Å²) in [7, 11) is 3.24. The number of likely N-dealkylation sites (N-methyl/N-ethyl adjacent to an activating group) is 1. The molecule has 4 aliphatic heterocycles. The van der Waals surface area contributed by atoms with Crippen molar-refractivity contribution in [2.75, 3.05) is 73.2 Å². The molecular weight excluding hydrogens is 917 g/mol. The predicted octanol–water partition coefficient (Wildman–Crippen LogP) is 4.56. The fourth-order valence-electron chi connectivity index (χ4n) is 10.7. The van der Waals surface area contributed by atoms with E-state index in [1.165, 1.54) is 9.91 Å². The lowest BCUT2D eigenvalue weighted by molar-refractivity contribution is -0.155. The molecule has 17 nitrogen and oxygen atoms in total. The zero-order valence-electron chi connectivity index (χ0n) is 42.8. The molecule has 2 aromatic heterocycles. The molecule has 4 atom stereocenters. The van der Waals surface area contributed by atoms with Gasteiger partial charge in [0.2, 0.25) is 11.8 Å². The van der Waals surface area contributed by atoms with Crippen LogP contribution < -0.4 is 10.7 Å². The molecule has 8 rings (SSSR count). The number of pyridine rings is 1. The lowest BCUT2D eigenvalue weighted by Crippen LogP contribution is -2.62. The quantitative estimate of drug-likeness (QED) is 0.149. The Bertz CT molecular complexity index is 2740. The van der Waals surface area contributed by atoms with Gasteiger partial charge in [0, 0.05) is 87.9 Å². The molecule has 4 aromatic rings. The Morgan fingerprint density at radius 1 is 1.04 bits per heavy atom. The maximum atomic E-state index is 14.8. The molecule has 6 heterocycles. The number of carbonyl (C=O) groups excluding carboxylic acids is 5. The van der Waals surface area contributed by atoms with E-state index in [1.54, 1.807) is 37.4 Å². The first kappa shape index (κ1) is 52.0. The largest absolute Gasteiger partial charge is 0.508 e. The van der Waals surface area contributed by atoms with E-state index >= 15 is 0 Å². The molecule has 4 aliphatic rings. The Kier molecular flexibility index (Phi) is 16.3. The van der Waals surface area contributed by atoms with Gasteiger partial charge in [-0.25, -0.2) is 5.43 Å². The van der Waals surface area contributed by atoms with Crippen LogP contribution in [0.1, 0.15) is 70.7 Å². The number of fused-ring (bicyclic) bond motifs is 6. The highest BCUT2D eigenvalue weighted by Gasteiger charge is 2.40. The highest BCUT2D eigenvalue weighted by atomic mass is 16.5. The van der Waals surface area contributed by atoms with Gasteiger partial charge in [0.05, 0.1) is 50.3 Å². The molecule has 17 heteroatoms. The Hall–Kier alpha value is -6.32. The highest BCUT2D eigenvalue weighted by Crippen LogP contribution is 2.41. The van der Waals surface area contributed by atoms with Crippen LogP contribution in [0.3, 0.4) is 0 Å². The Balaban J connectivity index is 1.11. The summed E-state index contributed by atoms with van der Waals surface area (Å²) in [4.78, 5) is 80.6. The normalized spacial score (nSPS) is 21.1. The number of likely N-dealkylation sites (tertiary alicyclic amines) is 1. The van der Waals surface area contributed by atoms with Gasteiger partial charge in [-0.1, -0.05) is 45.7 Å². The standard InChI is InChI=1S/C55H70N8O9/c1-8-62-47-16-15-37-30-42(47)43(50(62)41-12-9-18-56-46(41)33-70-7)31-55(4,5)34-72-54(69)44-13-10-20-63(58-44)53(68)45(28-36-26-39(37)29-40(64)27-36)57-51(66)49(35(2)3)59(6)52(67)38-17-21-61(32-38)48(65)14-11-19-60-22-24-71-25-23-60/h9,12,15-16,18,26-27,29-30,35,38,44-45,49,58,64H,8,10,13,17,19-25,28,31-34H2,1-7H3,(H,57,66)/t38-,44-,45-,49+/m0/s1. The zero-order chi connectivity index (χ0) is 51.3. The van der Waals surface area contributed by atoms with Crippen LogP contribution >= 0.6 is 0 Å². The van der Waals surface area contributed by atoms with Crippen molar-refractivity contribution < 1.29 is 43.3 Å². The van der Waals surface area contributed by atoms with E-state index in [-0.39, 0.29) is 49.6 Å². The first-order valence-corrected chi connectivity index (χ1v) is 25.4. The van der Waals surface area contributed by atoms with E-state index in [1.807, 2.05) is 32.0 Å². The molecule has 4 amide bonds. The molecule has 0 aliphatic carbocycles. The molecule has 3 saturated heterocycles. The van der Waals surface area contributed by atoms with Crippen LogP contribution in [0.5, 0.6) is 5.75 Å². The number of cyclic esters (lactones) is 1. The van der Waals surface area contributed by atoms with Gasteiger partial charge in [-0.05, 0) is 103 Å². The molecule has 384 valence electrons. The topological polar surface area (TPSA) is 188 Å². The number of phenolic OH excluding ortho intramolecular Hbond substituents is 1. The molecule has 3 N–H and O–H groups in total. The summed E-state index contributed by atoms with van der Waals surface area (Å²) in [5.74, 6) is 2.67. The van der Waals surface area contributed by atoms with Crippen molar-refractivity contribution in [2.24, 2.45) is 17.3 Å². The minimum atomic E-state index is -1.18. The number of phenols is 1.